The van der Waals surface area contributed by atoms with Crippen LogP contribution >= 0.6 is 0 Å². The third-order valence-electron chi connectivity index (χ3n) is 1.77. The van der Waals surface area contributed by atoms with Gasteiger partial charge in [-0.2, -0.15) is 5.10 Å². The van der Waals surface area contributed by atoms with E-state index in [9.17, 15) is 0 Å². The topological polar surface area (TPSA) is 69.9 Å². The minimum Gasteiger partial charge on any atom is -0.396 e. The molecule has 0 aromatic carbocycles. The number of anilines is 1. The van der Waals surface area contributed by atoms with Crippen molar-refractivity contribution in [2.75, 3.05) is 12.3 Å². The molecule has 0 fully saturated rings. The van der Waals surface area contributed by atoms with E-state index in [-0.39, 0.29) is 0 Å². The smallest absolute Gasteiger partial charge is 0.0825 e. The maximum atomic E-state index is 5.75. The van der Waals surface area contributed by atoms with Gasteiger partial charge in [0, 0.05) is 13.5 Å². The first-order valence-electron chi connectivity index (χ1n) is 3.64. The van der Waals surface area contributed by atoms with E-state index in [1.165, 1.54) is 0 Å². The predicted octanol–water partition coefficient (Wildman–Crippen LogP) is -0.188. The van der Waals surface area contributed by atoms with Gasteiger partial charge in [0.25, 0.3) is 0 Å². The van der Waals surface area contributed by atoms with Crippen LogP contribution in [0.5, 0.6) is 0 Å². The van der Waals surface area contributed by atoms with Crippen molar-refractivity contribution in [2.45, 2.75) is 13.3 Å². The third-order valence-corrected chi connectivity index (χ3v) is 1.77. The number of rotatable bonds is 2. The molecule has 0 saturated heterocycles. The summed E-state index contributed by atoms with van der Waals surface area (Å²) >= 11 is 0. The van der Waals surface area contributed by atoms with Crippen molar-refractivity contribution in [2.24, 2.45) is 12.8 Å². The molecule has 1 heterocycles. The Kier molecular flexibility index (Phi) is 2.14. The zero-order chi connectivity index (χ0) is 8.43. The lowest BCUT2D eigenvalue weighted by Crippen LogP contribution is -2.08. The molecule has 1 aromatic rings. The highest BCUT2D eigenvalue weighted by molar-refractivity contribution is 5.47. The fourth-order valence-corrected chi connectivity index (χ4v) is 1.16. The van der Waals surface area contributed by atoms with Crippen molar-refractivity contribution in [1.82, 2.24) is 9.78 Å². The minimum absolute atomic E-state index is 0.614. The molecule has 62 valence electrons. The molecule has 0 amide bonds. The van der Waals surface area contributed by atoms with Gasteiger partial charge in [0.05, 0.1) is 17.1 Å². The van der Waals surface area contributed by atoms with Gasteiger partial charge in [-0.25, -0.2) is 0 Å². The Balaban J connectivity index is 3.02. The Bertz CT molecular complexity index is 251. The molecule has 0 atom stereocenters. The summed E-state index contributed by atoms with van der Waals surface area (Å²) in [7, 11) is 1.88. The summed E-state index contributed by atoms with van der Waals surface area (Å²) in [6.45, 7) is 2.51. The molecule has 4 heteroatoms. The van der Waals surface area contributed by atoms with E-state index in [4.69, 9.17) is 11.5 Å². The fraction of sp³-hybridized carbons (Fsp3) is 0.571. The molecule has 0 bridgehead atoms. The van der Waals surface area contributed by atoms with Gasteiger partial charge in [-0.1, -0.05) is 0 Å². The zero-order valence-electron chi connectivity index (χ0n) is 6.96. The minimum atomic E-state index is 0.614. The molecule has 0 aliphatic heterocycles. The molecule has 11 heavy (non-hydrogen) atoms. The van der Waals surface area contributed by atoms with Gasteiger partial charge in [-0.05, 0) is 13.5 Å². The lowest BCUT2D eigenvalue weighted by atomic mass is 10.2. The van der Waals surface area contributed by atoms with E-state index in [0.717, 1.165) is 23.5 Å². The van der Waals surface area contributed by atoms with Crippen molar-refractivity contribution in [1.29, 1.82) is 0 Å². The van der Waals surface area contributed by atoms with Crippen molar-refractivity contribution in [3.63, 3.8) is 0 Å². The largest absolute Gasteiger partial charge is 0.396 e. The average Bonchev–Trinajstić information content (AvgIpc) is 2.17. The molecule has 1 rings (SSSR count). The molecule has 0 saturated carbocycles. The van der Waals surface area contributed by atoms with Crippen molar-refractivity contribution < 1.29 is 0 Å². The maximum Gasteiger partial charge on any atom is 0.0825 e. The Morgan fingerprint density at radius 3 is 2.55 bits per heavy atom. The van der Waals surface area contributed by atoms with Crippen LogP contribution in [-0.4, -0.2) is 16.3 Å². The average molecular weight is 154 g/mol. The first kappa shape index (κ1) is 8.07. The van der Waals surface area contributed by atoms with Crippen molar-refractivity contribution in [3.05, 3.63) is 11.4 Å². The highest BCUT2D eigenvalue weighted by Gasteiger charge is 2.07. The first-order chi connectivity index (χ1) is 5.16. The molecule has 0 unspecified atom stereocenters. The molecule has 0 aliphatic rings. The molecule has 1 aromatic heterocycles. The summed E-state index contributed by atoms with van der Waals surface area (Å²) in [6.07, 6.45) is 0.795. The van der Waals surface area contributed by atoms with Crippen molar-refractivity contribution in [3.8, 4) is 0 Å². The summed E-state index contributed by atoms with van der Waals surface area (Å²) in [5.41, 5.74) is 13.9. The summed E-state index contributed by atoms with van der Waals surface area (Å²) in [5, 5.41) is 4.17. The van der Waals surface area contributed by atoms with Crippen LogP contribution in [0.1, 0.15) is 11.4 Å². The standard InChI is InChI=1S/C7H14N4/c1-5-7(9)6(3-4-8)11(2)10-5/h3-4,8-9H2,1-2H3. The van der Waals surface area contributed by atoms with Gasteiger partial charge in [-0.15, -0.1) is 0 Å². The molecular formula is C7H14N4. The highest BCUT2D eigenvalue weighted by atomic mass is 15.3. The van der Waals surface area contributed by atoms with Gasteiger partial charge in [-0.3, -0.25) is 4.68 Å². The number of aromatic nitrogens is 2. The van der Waals surface area contributed by atoms with Crippen LogP contribution in [0.25, 0.3) is 0 Å². The van der Waals surface area contributed by atoms with Crippen LogP contribution < -0.4 is 11.5 Å². The van der Waals surface area contributed by atoms with Gasteiger partial charge < -0.3 is 11.5 Å². The van der Waals surface area contributed by atoms with Gasteiger partial charge >= 0.3 is 0 Å². The van der Waals surface area contributed by atoms with Crippen LogP contribution in [0.4, 0.5) is 5.69 Å². The monoisotopic (exact) mass is 154 g/mol. The molecule has 4 N–H and O–H groups in total. The number of hydrogen-bond donors (Lipinski definition) is 2. The number of aryl methyl sites for hydroxylation is 2. The predicted molar refractivity (Wildman–Crippen MR) is 45.1 cm³/mol. The second-order valence-corrected chi connectivity index (χ2v) is 2.61. The Morgan fingerprint density at radius 2 is 2.18 bits per heavy atom. The van der Waals surface area contributed by atoms with E-state index in [1.54, 1.807) is 4.68 Å². The van der Waals surface area contributed by atoms with E-state index < -0.39 is 0 Å². The maximum absolute atomic E-state index is 5.75. The number of hydrogen-bond acceptors (Lipinski definition) is 3. The van der Waals surface area contributed by atoms with Gasteiger partial charge in [0.2, 0.25) is 0 Å². The van der Waals surface area contributed by atoms with E-state index in [1.807, 2.05) is 14.0 Å². The van der Waals surface area contributed by atoms with Crippen LogP contribution in [-0.2, 0) is 13.5 Å². The summed E-state index contributed by atoms with van der Waals surface area (Å²) in [5.74, 6) is 0. The number of nitrogen functional groups attached to an aromatic ring is 1. The first-order valence-corrected chi connectivity index (χ1v) is 3.64. The second-order valence-electron chi connectivity index (χ2n) is 2.61. The van der Waals surface area contributed by atoms with Gasteiger partial charge in [0.1, 0.15) is 0 Å². The molecule has 0 radical (unpaired) electrons. The van der Waals surface area contributed by atoms with Crippen LogP contribution in [0.2, 0.25) is 0 Å². The molecular weight excluding hydrogens is 140 g/mol. The zero-order valence-corrected chi connectivity index (χ0v) is 6.96. The van der Waals surface area contributed by atoms with Crippen molar-refractivity contribution >= 4 is 5.69 Å². The SMILES string of the molecule is Cc1nn(C)c(CCN)c1N. The quantitative estimate of drug-likeness (QED) is 0.620. The van der Waals surface area contributed by atoms with E-state index in [0.29, 0.717) is 6.54 Å². The normalized spacial score (nSPS) is 10.5. The molecule has 0 spiro atoms. The lowest BCUT2D eigenvalue weighted by molar-refractivity contribution is 0.701. The Labute approximate surface area is 66.2 Å². The fourth-order valence-electron chi connectivity index (χ4n) is 1.16. The van der Waals surface area contributed by atoms with Crippen LogP contribution in [0, 0.1) is 6.92 Å². The summed E-state index contributed by atoms with van der Waals surface area (Å²) in [6, 6.07) is 0. The lowest BCUT2D eigenvalue weighted by Gasteiger charge is -1.99. The van der Waals surface area contributed by atoms with Crippen LogP contribution in [0.3, 0.4) is 0 Å². The van der Waals surface area contributed by atoms with E-state index in [2.05, 4.69) is 5.10 Å². The second kappa shape index (κ2) is 2.92. The highest BCUT2D eigenvalue weighted by Crippen LogP contribution is 2.14. The summed E-state index contributed by atoms with van der Waals surface area (Å²) in [4.78, 5) is 0. The van der Waals surface area contributed by atoms with Crippen LogP contribution in [0.15, 0.2) is 0 Å². The number of nitrogens with zero attached hydrogens (tertiary/aromatic N) is 2. The third kappa shape index (κ3) is 1.35. The molecule has 0 aliphatic carbocycles. The number of nitrogens with two attached hydrogens (primary N) is 2. The molecule has 4 nitrogen and oxygen atoms in total. The Morgan fingerprint density at radius 1 is 1.55 bits per heavy atom. The van der Waals surface area contributed by atoms with Gasteiger partial charge in [0.15, 0.2) is 0 Å². The van der Waals surface area contributed by atoms with E-state index >= 15 is 0 Å². The summed E-state index contributed by atoms with van der Waals surface area (Å²) < 4.78 is 1.79. The Hall–Kier alpha value is -1.03.